The zero-order valence-electron chi connectivity index (χ0n) is 22.6. The third kappa shape index (κ3) is 5.73. The van der Waals surface area contributed by atoms with Gasteiger partial charge in [-0.2, -0.15) is 0 Å². The van der Waals surface area contributed by atoms with E-state index in [2.05, 4.69) is 22.5 Å². The molecule has 2 aromatic heterocycles. The Morgan fingerprint density at radius 3 is 2.61 bits per heavy atom. The van der Waals surface area contributed by atoms with Gasteiger partial charge in [0.25, 0.3) is 5.91 Å². The molecular weight excluding hydrogens is 574 g/mol. The van der Waals surface area contributed by atoms with E-state index < -0.39 is 40.4 Å². The third-order valence-electron chi connectivity index (χ3n) is 8.90. The topological polar surface area (TPSA) is 124 Å². The van der Waals surface area contributed by atoms with Gasteiger partial charge in [-0.15, -0.1) is 11.3 Å². The number of amides is 2. The number of rotatable bonds is 7. The average molecular weight is 605 g/mol. The highest BCUT2D eigenvalue weighted by atomic mass is 35.5. The van der Waals surface area contributed by atoms with Crippen molar-refractivity contribution in [3.05, 3.63) is 75.0 Å². The van der Waals surface area contributed by atoms with E-state index in [-0.39, 0.29) is 36.6 Å². The van der Waals surface area contributed by atoms with Crippen LogP contribution in [0.15, 0.2) is 36.5 Å². The lowest BCUT2D eigenvalue weighted by atomic mass is 9.47. The smallest absolute Gasteiger partial charge is 0.257 e. The number of hydrogen-bond donors (Lipinski definition) is 4. The van der Waals surface area contributed by atoms with Crippen molar-refractivity contribution in [1.29, 1.82) is 0 Å². The van der Waals surface area contributed by atoms with Gasteiger partial charge in [-0.3, -0.25) is 14.9 Å². The molecule has 5 atom stereocenters. The zero-order chi connectivity index (χ0) is 29.5. The van der Waals surface area contributed by atoms with Crippen molar-refractivity contribution in [1.82, 2.24) is 15.3 Å². The van der Waals surface area contributed by atoms with Crippen LogP contribution in [0, 0.1) is 28.4 Å². The van der Waals surface area contributed by atoms with Crippen molar-refractivity contribution in [3.8, 4) is 0 Å². The molecule has 0 bridgehead atoms. The molecule has 0 aliphatic heterocycles. The van der Waals surface area contributed by atoms with Crippen LogP contribution in [0.3, 0.4) is 0 Å². The fourth-order valence-corrected chi connectivity index (χ4v) is 7.82. The molecule has 3 aromatic rings. The summed E-state index contributed by atoms with van der Waals surface area (Å²) >= 11 is 7.24. The number of pyridine rings is 1. The number of nitrogens with one attached hydrogen (secondary N) is 2. The van der Waals surface area contributed by atoms with Crippen LogP contribution < -0.4 is 10.6 Å². The first-order valence-corrected chi connectivity index (χ1v) is 14.6. The van der Waals surface area contributed by atoms with E-state index in [1.54, 1.807) is 0 Å². The molecule has 5 rings (SSSR count). The second-order valence-corrected chi connectivity index (χ2v) is 12.9. The maximum Gasteiger partial charge on any atom is 0.257 e. The second kappa shape index (κ2) is 11.4. The minimum atomic E-state index is -0.806. The predicted octanol–water partition coefficient (Wildman–Crippen LogP) is 4.84. The number of fused-ring (bicyclic) bond motifs is 2. The maximum absolute atomic E-state index is 13.6. The van der Waals surface area contributed by atoms with Gasteiger partial charge in [0.2, 0.25) is 5.91 Å². The first-order chi connectivity index (χ1) is 19.4. The SMILES string of the molecule is CC1(CO)C(O)CCC2(C)C(CC(=O)NCc3cc(F)cc(F)c3)c3nc(NC(=O)c4ccnc(Cl)c4)sc3CC12. The van der Waals surface area contributed by atoms with Crippen molar-refractivity contribution >= 4 is 39.9 Å². The highest BCUT2D eigenvalue weighted by Gasteiger charge is 2.59. The number of aliphatic hydroxyl groups is 2. The number of carbonyl (C=O) groups is 2. The average Bonchev–Trinajstić information content (AvgIpc) is 3.32. The van der Waals surface area contributed by atoms with Gasteiger partial charge in [0.05, 0.1) is 18.4 Å². The highest BCUT2D eigenvalue weighted by molar-refractivity contribution is 7.15. The Morgan fingerprint density at radius 2 is 1.93 bits per heavy atom. The molecule has 4 N–H and O–H groups in total. The Balaban J connectivity index is 1.45. The molecule has 218 valence electrons. The summed E-state index contributed by atoms with van der Waals surface area (Å²) in [5.41, 5.74) is 0.00684. The molecule has 0 saturated heterocycles. The Labute approximate surface area is 245 Å². The molecule has 0 radical (unpaired) electrons. The van der Waals surface area contributed by atoms with Gasteiger partial charge in [0.1, 0.15) is 16.8 Å². The molecule has 1 fully saturated rings. The van der Waals surface area contributed by atoms with Gasteiger partial charge in [0, 0.05) is 47.0 Å². The summed E-state index contributed by atoms with van der Waals surface area (Å²) in [4.78, 5) is 35.7. The summed E-state index contributed by atoms with van der Waals surface area (Å²) in [5.74, 6) is -2.75. The van der Waals surface area contributed by atoms with Crippen molar-refractivity contribution in [2.45, 2.75) is 58.1 Å². The van der Waals surface area contributed by atoms with Crippen molar-refractivity contribution in [2.24, 2.45) is 16.7 Å². The lowest BCUT2D eigenvalue weighted by Gasteiger charge is -2.58. The maximum atomic E-state index is 13.6. The molecule has 1 saturated carbocycles. The van der Waals surface area contributed by atoms with Crippen molar-refractivity contribution < 1.29 is 28.6 Å². The summed E-state index contributed by atoms with van der Waals surface area (Å²) in [6, 6.07) is 6.09. The molecule has 0 spiro atoms. The lowest BCUT2D eigenvalue weighted by Crippen LogP contribution is -2.57. The molecule has 12 heteroatoms. The molecule has 2 aliphatic carbocycles. The van der Waals surface area contributed by atoms with Gasteiger partial charge in [-0.05, 0) is 60.4 Å². The van der Waals surface area contributed by atoms with Gasteiger partial charge in [-0.1, -0.05) is 25.4 Å². The number of benzene rings is 1. The fourth-order valence-electron chi connectivity index (χ4n) is 6.58. The van der Waals surface area contributed by atoms with E-state index >= 15 is 0 Å². The predicted molar refractivity (Wildman–Crippen MR) is 151 cm³/mol. The molecule has 1 aromatic carbocycles. The first kappa shape index (κ1) is 29.5. The van der Waals surface area contributed by atoms with E-state index in [1.807, 2.05) is 6.92 Å². The number of anilines is 1. The first-order valence-electron chi connectivity index (χ1n) is 13.4. The normalized spacial score (nSPS) is 27.0. The van der Waals surface area contributed by atoms with Gasteiger partial charge < -0.3 is 15.5 Å². The third-order valence-corrected chi connectivity index (χ3v) is 10.1. The van der Waals surface area contributed by atoms with Crippen LogP contribution in [-0.2, 0) is 17.8 Å². The van der Waals surface area contributed by atoms with Crippen LogP contribution in [0.2, 0.25) is 5.15 Å². The number of nitrogens with zero attached hydrogens (tertiary/aromatic N) is 2. The molecule has 2 amide bonds. The molecule has 41 heavy (non-hydrogen) atoms. The summed E-state index contributed by atoms with van der Waals surface area (Å²) in [6.07, 6.45) is 2.34. The van der Waals surface area contributed by atoms with Gasteiger partial charge in [0.15, 0.2) is 5.13 Å². The number of halogens is 3. The van der Waals surface area contributed by atoms with Crippen LogP contribution in [0.25, 0.3) is 0 Å². The van der Waals surface area contributed by atoms with Crippen LogP contribution >= 0.6 is 22.9 Å². The molecule has 2 heterocycles. The van der Waals surface area contributed by atoms with E-state index in [0.29, 0.717) is 41.2 Å². The molecule has 5 unspecified atom stereocenters. The van der Waals surface area contributed by atoms with Crippen LogP contribution in [0.4, 0.5) is 13.9 Å². The number of aliphatic hydroxyl groups excluding tert-OH is 2. The number of hydrogen-bond acceptors (Lipinski definition) is 7. The van der Waals surface area contributed by atoms with E-state index in [1.165, 1.54) is 41.8 Å². The number of thiazole rings is 1. The standard InChI is InChI=1S/C29H31ClF2N4O4S/c1-28-5-3-22(38)29(2,14-37)21(28)12-20-25(35-27(41-20)36-26(40)16-4-6-33-23(30)9-16)19(28)11-24(39)34-13-15-7-17(31)10-18(32)8-15/h4,6-10,19,21-22,37-38H,3,5,11-14H2,1-2H3,(H,34,39)(H,35,36,40). The second-order valence-electron chi connectivity index (χ2n) is 11.4. The quantitative estimate of drug-likeness (QED) is 0.286. The molecular formula is C29H31ClF2N4O4S. The summed E-state index contributed by atoms with van der Waals surface area (Å²) in [6.45, 7) is 3.67. The van der Waals surface area contributed by atoms with Crippen LogP contribution in [0.1, 0.15) is 65.5 Å². The minimum Gasteiger partial charge on any atom is -0.396 e. The monoisotopic (exact) mass is 604 g/mol. The minimum absolute atomic E-state index is 0.0342. The number of carbonyl (C=O) groups excluding carboxylic acids is 2. The van der Waals surface area contributed by atoms with Gasteiger partial charge >= 0.3 is 0 Å². The van der Waals surface area contributed by atoms with E-state index in [0.717, 1.165) is 10.9 Å². The van der Waals surface area contributed by atoms with E-state index in [4.69, 9.17) is 16.6 Å². The molecule has 2 aliphatic rings. The Bertz CT molecular complexity index is 1470. The van der Waals surface area contributed by atoms with E-state index in [9.17, 15) is 28.6 Å². The van der Waals surface area contributed by atoms with Crippen molar-refractivity contribution in [3.63, 3.8) is 0 Å². The number of aromatic nitrogens is 2. The van der Waals surface area contributed by atoms with Crippen LogP contribution in [0.5, 0.6) is 0 Å². The Kier molecular flexibility index (Phi) is 8.17. The zero-order valence-corrected chi connectivity index (χ0v) is 24.2. The van der Waals surface area contributed by atoms with Crippen molar-refractivity contribution in [2.75, 3.05) is 11.9 Å². The van der Waals surface area contributed by atoms with Crippen LogP contribution in [-0.4, -0.2) is 44.7 Å². The van der Waals surface area contributed by atoms with Gasteiger partial charge in [-0.25, -0.2) is 18.7 Å². The summed E-state index contributed by atoms with van der Waals surface area (Å²) in [7, 11) is 0. The summed E-state index contributed by atoms with van der Waals surface area (Å²) in [5, 5.41) is 27.5. The Hall–Kier alpha value is -2.99. The molecule has 8 nitrogen and oxygen atoms in total. The Morgan fingerprint density at radius 1 is 1.20 bits per heavy atom. The largest absolute Gasteiger partial charge is 0.396 e. The fraction of sp³-hybridized carbons (Fsp3) is 0.448. The summed E-state index contributed by atoms with van der Waals surface area (Å²) < 4.78 is 27.3. The lowest BCUT2D eigenvalue weighted by molar-refractivity contribution is -0.144. The highest BCUT2D eigenvalue weighted by Crippen LogP contribution is 2.62.